The van der Waals surface area contributed by atoms with Crippen LogP contribution in [-0.4, -0.2) is 16.8 Å². The number of hydrogen-bond donors (Lipinski definition) is 2. The van der Waals surface area contributed by atoms with Gasteiger partial charge in [0.1, 0.15) is 11.5 Å². The molecule has 0 aromatic heterocycles. The van der Waals surface area contributed by atoms with Gasteiger partial charge in [0, 0.05) is 18.0 Å². The number of allylic oxidation sites excluding steroid dienone is 3. The van der Waals surface area contributed by atoms with E-state index in [9.17, 15) is 5.11 Å². The van der Waals surface area contributed by atoms with Crippen molar-refractivity contribution in [1.29, 1.82) is 0 Å². The second-order valence-electron chi connectivity index (χ2n) is 8.33. The Morgan fingerprint density at radius 3 is 2.69 bits per heavy atom. The third-order valence-corrected chi connectivity index (χ3v) is 5.91. The van der Waals surface area contributed by atoms with Gasteiger partial charge in [-0.1, -0.05) is 50.5 Å². The molecule has 2 atom stereocenters. The Balaban J connectivity index is 2.45. The van der Waals surface area contributed by atoms with Crippen molar-refractivity contribution in [2.45, 2.75) is 78.6 Å². The number of aromatic hydroxyl groups is 1. The summed E-state index contributed by atoms with van der Waals surface area (Å²) in [7, 11) is 0. The molecule has 0 saturated carbocycles. The van der Waals surface area contributed by atoms with Crippen LogP contribution in [0.2, 0.25) is 0 Å². The van der Waals surface area contributed by atoms with Gasteiger partial charge in [0.25, 0.3) is 5.17 Å². The molecule has 2 N–H and O–H groups in total. The molecule has 2 rings (SSSR count). The van der Waals surface area contributed by atoms with Gasteiger partial charge in [-0.15, -0.1) is 0 Å². The lowest BCUT2D eigenvalue weighted by Gasteiger charge is -2.32. The highest BCUT2D eigenvalue weighted by molar-refractivity contribution is 7.80. The zero-order valence-electron chi connectivity index (χ0n) is 18.5. The van der Waals surface area contributed by atoms with Gasteiger partial charge in [0.15, 0.2) is 0 Å². The van der Waals surface area contributed by atoms with Crippen LogP contribution in [0.3, 0.4) is 0 Å². The summed E-state index contributed by atoms with van der Waals surface area (Å²) >= 11 is 5.41. The van der Waals surface area contributed by atoms with E-state index in [1.165, 1.54) is 18.4 Å². The first kappa shape index (κ1) is 23.5. The molecular weight excluding hydrogens is 378 g/mol. The van der Waals surface area contributed by atoms with Gasteiger partial charge in [-0.3, -0.25) is 0 Å². The number of ether oxygens (including phenoxy) is 1. The van der Waals surface area contributed by atoms with E-state index >= 15 is 0 Å². The monoisotopic (exact) mass is 415 g/mol. The summed E-state index contributed by atoms with van der Waals surface area (Å²) in [5.74, 6) is 1.31. The van der Waals surface area contributed by atoms with Gasteiger partial charge in [0.05, 0.1) is 0 Å². The molecule has 160 valence electrons. The van der Waals surface area contributed by atoms with E-state index in [1.54, 1.807) is 0 Å². The molecule has 0 radical (unpaired) electrons. The van der Waals surface area contributed by atoms with Gasteiger partial charge in [-0.25, -0.2) is 0 Å². The van der Waals surface area contributed by atoms with Crippen molar-refractivity contribution in [3.8, 4) is 11.5 Å². The maximum absolute atomic E-state index is 11.1. The van der Waals surface area contributed by atoms with Crippen LogP contribution in [-0.2, 0) is 6.42 Å². The molecule has 0 aliphatic heterocycles. The number of phenolic OH excluding ortho intramolecular Hbond substituents is 1. The number of phenols is 1. The van der Waals surface area contributed by atoms with Crippen LogP contribution in [0, 0.1) is 5.92 Å². The number of unbranched alkanes of at least 4 members (excludes halogenated alkanes) is 2. The Hall–Kier alpha value is -1.81. The van der Waals surface area contributed by atoms with Gasteiger partial charge >= 0.3 is 0 Å². The van der Waals surface area contributed by atoms with E-state index in [4.69, 9.17) is 17.0 Å². The summed E-state index contributed by atoms with van der Waals surface area (Å²) in [6, 6.07) is 3.98. The minimum absolute atomic E-state index is 0.0508. The summed E-state index contributed by atoms with van der Waals surface area (Å²) in [6.07, 6.45) is 9.72. The van der Waals surface area contributed by atoms with Crippen molar-refractivity contribution < 1.29 is 9.84 Å². The van der Waals surface area contributed by atoms with Crippen LogP contribution in [0.1, 0.15) is 83.3 Å². The van der Waals surface area contributed by atoms with Crippen LogP contribution >= 0.6 is 12.2 Å². The fourth-order valence-corrected chi connectivity index (χ4v) is 4.27. The SMILES string of the molecule is C=C(C)[C@@H]1CCC(C)=C[C@H]1c1c(O)cc(CCCCC)cc1OC(=S)NCCC. The number of aryl methyl sites for hydroxylation is 1. The fraction of sp³-hybridized carbons (Fsp3) is 0.560. The van der Waals surface area contributed by atoms with E-state index in [-0.39, 0.29) is 11.8 Å². The molecule has 29 heavy (non-hydrogen) atoms. The van der Waals surface area contributed by atoms with Gasteiger partial charge in [0.2, 0.25) is 0 Å². The lowest BCUT2D eigenvalue weighted by Crippen LogP contribution is -2.28. The topological polar surface area (TPSA) is 41.5 Å². The van der Waals surface area contributed by atoms with Crippen molar-refractivity contribution in [1.82, 2.24) is 5.32 Å². The van der Waals surface area contributed by atoms with Crippen molar-refractivity contribution in [3.63, 3.8) is 0 Å². The van der Waals surface area contributed by atoms with E-state index in [0.717, 1.165) is 55.3 Å². The van der Waals surface area contributed by atoms with Crippen molar-refractivity contribution in [2.24, 2.45) is 5.92 Å². The van der Waals surface area contributed by atoms with Crippen molar-refractivity contribution >= 4 is 17.4 Å². The molecule has 0 amide bonds. The summed E-state index contributed by atoms with van der Waals surface area (Å²) in [5.41, 5.74) is 4.41. The molecular formula is C25H37NO2S. The Kier molecular flexibility index (Phi) is 9.22. The second-order valence-corrected chi connectivity index (χ2v) is 8.70. The molecule has 1 aromatic carbocycles. The molecule has 4 heteroatoms. The smallest absolute Gasteiger partial charge is 0.262 e. The number of nitrogens with one attached hydrogen (secondary N) is 1. The standard InChI is InChI=1S/C25H37NO2S/c1-6-8-9-10-19-15-22(27)24(23(16-19)28-25(29)26-13-7-2)21-14-18(5)11-12-20(21)17(3)4/h14-16,20-21,27H,3,6-13H2,1-2,4-5H3,(H,26,29)/t20-,21+/m0/s1. The summed E-state index contributed by atoms with van der Waals surface area (Å²) in [4.78, 5) is 0. The number of hydrogen-bond acceptors (Lipinski definition) is 3. The number of rotatable bonds is 9. The Morgan fingerprint density at radius 2 is 2.03 bits per heavy atom. The van der Waals surface area contributed by atoms with Crippen molar-refractivity contribution in [3.05, 3.63) is 47.1 Å². The van der Waals surface area contributed by atoms with E-state index in [2.05, 4.69) is 51.7 Å². The maximum atomic E-state index is 11.1. The predicted octanol–water partition coefficient (Wildman–Crippen LogP) is 6.80. The third-order valence-electron chi connectivity index (χ3n) is 5.68. The molecule has 0 heterocycles. The Labute approximate surface area is 182 Å². The Bertz CT molecular complexity index is 753. The number of thiocarbonyl (C=S) groups is 1. The minimum Gasteiger partial charge on any atom is -0.507 e. The fourth-order valence-electron chi connectivity index (χ4n) is 4.08. The lowest BCUT2D eigenvalue weighted by molar-refractivity contribution is 0.420. The first-order valence-corrected chi connectivity index (χ1v) is 11.4. The minimum atomic E-state index is 0.0508. The van der Waals surface area contributed by atoms with Crippen LogP contribution in [0.4, 0.5) is 0 Å². The molecule has 0 fully saturated rings. The van der Waals surface area contributed by atoms with Gasteiger partial charge in [-0.05, 0) is 81.8 Å². The highest BCUT2D eigenvalue weighted by Gasteiger charge is 2.31. The molecule has 0 unspecified atom stereocenters. The van der Waals surface area contributed by atoms with Gasteiger partial charge < -0.3 is 15.2 Å². The van der Waals surface area contributed by atoms with E-state index in [1.807, 2.05) is 6.07 Å². The molecule has 1 aromatic rings. The molecule has 0 bridgehead atoms. The summed E-state index contributed by atoms with van der Waals surface area (Å²) in [6.45, 7) is 13.5. The van der Waals surface area contributed by atoms with E-state index in [0.29, 0.717) is 16.7 Å². The van der Waals surface area contributed by atoms with E-state index < -0.39 is 0 Å². The highest BCUT2D eigenvalue weighted by Crippen LogP contribution is 2.47. The lowest BCUT2D eigenvalue weighted by atomic mass is 9.73. The number of benzene rings is 1. The normalized spacial score (nSPS) is 18.8. The zero-order valence-corrected chi connectivity index (χ0v) is 19.3. The highest BCUT2D eigenvalue weighted by atomic mass is 32.1. The molecule has 1 aliphatic rings. The Morgan fingerprint density at radius 1 is 1.28 bits per heavy atom. The van der Waals surface area contributed by atoms with Crippen LogP contribution < -0.4 is 10.1 Å². The molecule has 0 spiro atoms. The zero-order chi connectivity index (χ0) is 21.4. The largest absolute Gasteiger partial charge is 0.507 e. The molecule has 0 saturated heterocycles. The maximum Gasteiger partial charge on any atom is 0.262 e. The van der Waals surface area contributed by atoms with Crippen LogP contribution in [0.25, 0.3) is 0 Å². The van der Waals surface area contributed by atoms with Crippen LogP contribution in [0.15, 0.2) is 35.9 Å². The summed E-state index contributed by atoms with van der Waals surface area (Å²) < 4.78 is 6.09. The average molecular weight is 416 g/mol. The first-order chi connectivity index (χ1) is 13.9. The third kappa shape index (κ3) is 6.60. The quantitative estimate of drug-likeness (QED) is 0.264. The second kappa shape index (κ2) is 11.4. The first-order valence-electron chi connectivity index (χ1n) is 11.0. The molecule has 1 aliphatic carbocycles. The van der Waals surface area contributed by atoms with Crippen molar-refractivity contribution in [2.75, 3.05) is 6.54 Å². The van der Waals surface area contributed by atoms with Crippen LogP contribution in [0.5, 0.6) is 11.5 Å². The molecule has 3 nitrogen and oxygen atoms in total. The summed E-state index contributed by atoms with van der Waals surface area (Å²) in [5, 5.41) is 14.6. The predicted molar refractivity (Wildman–Crippen MR) is 127 cm³/mol. The average Bonchev–Trinajstić information content (AvgIpc) is 2.66. The van der Waals surface area contributed by atoms with Gasteiger partial charge in [-0.2, -0.15) is 0 Å².